The highest BCUT2D eigenvalue weighted by Gasteiger charge is 2.25. The van der Waals surface area contributed by atoms with Gasteiger partial charge in [-0.2, -0.15) is 0 Å². The minimum absolute atomic E-state index is 0.269. The monoisotopic (exact) mass is 225 g/mol. The molecule has 15 heavy (non-hydrogen) atoms. The van der Waals surface area contributed by atoms with E-state index < -0.39 is 0 Å². The molecule has 2 heterocycles. The highest BCUT2D eigenvalue weighted by atomic mass is 32.1. The van der Waals surface area contributed by atoms with Crippen molar-refractivity contribution in [3.05, 3.63) is 16.6 Å². The molecule has 1 aliphatic heterocycles. The number of nitrogens with two attached hydrogens (primary N) is 1. The molecule has 0 amide bonds. The van der Waals surface area contributed by atoms with Gasteiger partial charge in [0.2, 0.25) is 0 Å². The van der Waals surface area contributed by atoms with Gasteiger partial charge < -0.3 is 5.73 Å². The zero-order valence-corrected chi connectivity index (χ0v) is 10.0. The summed E-state index contributed by atoms with van der Waals surface area (Å²) >= 11 is 1.74. The number of nitrogens with zero attached hydrogens (tertiary/aromatic N) is 2. The van der Waals surface area contributed by atoms with Crippen molar-refractivity contribution in [3.8, 4) is 0 Å². The number of hydrogen-bond donors (Lipinski definition) is 1. The molecule has 0 bridgehead atoms. The molecule has 1 saturated heterocycles. The summed E-state index contributed by atoms with van der Waals surface area (Å²) in [6.07, 6.45) is 5.74. The summed E-state index contributed by atoms with van der Waals surface area (Å²) in [6.45, 7) is 4.26. The summed E-state index contributed by atoms with van der Waals surface area (Å²) < 4.78 is 0. The lowest BCUT2D eigenvalue weighted by atomic mass is 9.97. The van der Waals surface area contributed by atoms with Crippen LogP contribution in [0.2, 0.25) is 0 Å². The van der Waals surface area contributed by atoms with Gasteiger partial charge in [0.25, 0.3) is 0 Å². The van der Waals surface area contributed by atoms with Crippen LogP contribution in [0.5, 0.6) is 0 Å². The van der Waals surface area contributed by atoms with Gasteiger partial charge in [0.15, 0.2) is 0 Å². The summed E-state index contributed by atoms with van der Waals surface area (Å²) in [5.74, 6) is 0. The molecule has 84 valence electrons. The van der Waals surface area contributed by atoms with Gasteiger partial charge in [0.1, 0.15) is 5.01 Å². The Morgan fingerprint density at radius 3 is 3.20 bits per heavy atom. The highest BCUT2D eigenvalue weighted by molar-refractivity contribution is 7.09. The van der Waals surface area contributed by atoms with Crippen molar-refractivity contribution in [2.75, 3.05) is 6.54 Å². The molecule has 2 rings (SSSR count). The molecule has 3 nitrogen and oxygen atoms in total. The van der Waals surface area contributed by atoms with Gasteiger partial charge >= 0.3 is 0 Å². The number of hydrogen-bond acceptors (Lipinski definition) is 4. The molecular formula is C11H19N3S. The molecule has 1 aliphatic rings. The molecule has 2 atom stereocenters. The molecule has 1 aromatic heterocycles. The van der Waals surface area contributed by atoms with Crippen molar-refractivity contribution in [1.82, 2.24) is 9.88 Å². The van der Waals surface area contributed by atoms with Crippen LogP contribution in [0.3, 0.4) is 0 Å². The maximum atomic E-state index is 6.03. The van der Waals surface area contributed by atoms with E-state index in [0.717, 1.165) is 6.54 Å². The third kappa shape index (κ3) is 2.77. The van der Waals surface area contributed by atoms with E-state index in [2.05, 4.69) is 16.8 Å². The molecule has 0 aromatic carbocycles. The van der Waals surface area contributed by atoms with Crippen LogP contribution in [0.25, 0.3) is 0 Å². The summed E-state index contributed by atoms with van der Waals surface area (Å²) in [7, 11) is 0. The van der Waals surface area contributed by atoms with Crippen molar-refractivity contribution in [2.45, 2.75) is 44.8 Å². The van der Waals surface area contributed by atoms with E-state index in [0.29, 0.717) is 6.04 Å². The second-order valence-corrected chi connectivity index (χ2v) is 5.30. The third-order valence-corrected chi connectivity index (χ3v) is 3.86. The number of aromatic nitrogens is 1. The fraction of sp³-hybridized carbons (Fsp3) is 0.727. The van der Waals surface area contributed by atoms with E-state index in [9.17, 15) is 0 Å². The van der Waals surface area contributed by atoms with Crippen LogP contribution < -0.4 is 5.73 Å². The van der Waals surface area contributed by atoms with Crippen molar-refractivity contribution in [1.29, 1.82) is 0 Å². The Bertz CT molecular complexity index is 284. The van der Waals surface area contributed by atoms with Crippen molar-refractivity contribution >= 4 is 11.3 Å². The van der Waals surface area contributed by atoms with E-state index >= 15 is 0 Å². The van der Waals surface area contributed by atoms with Crippen LogP contribution in [-0.4, -0.2) is 28.5 Å². The Morgan fingerprint density at radius 2 is 2.53 bits per heavy atom. The Hall–Kier alpha value is -0.450. The Morgan fingerprint density at radius 1 is 1.67 bits per heavy atom. The standard InChI is InChI=1S/C11H19N3S/c1-9(12)10-4-2-3-6-14(10)8-11-13-5-7-15-11/h5,7,9-10H,2-4,6,8,12H2,1H3. The Balaban J connectivity index is 1.99. The molecule has 0 spiro atoms. The van der Waals surface area contributed by atoms with E-state index in [1.54, 1.807) is 11.3 Å². The minimum atomic E-state index is 0.269. The largest absolute Gasteiger partial charge is 0.327 e. The van der Waals surface area contributed by atoms with Gasteiger partial charge in [-0.05, 0) is 26.3 Å². The van der Waals surface area contributed by atoms with Crippen LogP contribution >= 0.6 is 11.3 Å². The second-order valence-electron chi connectivity index (χ2n) is 4.32. The Kier molecular flexibility index (Phi) is 3.72. The van der Waals surface area contributed by atoms with Gasteiger partial charge in [0.05, 0.1) is 6.54 Å². The molecule has 1 fully saturated rings. The minimum Gasteiger partial charge on any atom is -0.327 e. The highest BCUT2D eigenvalue weighted by Crippen LogP contribution is 2.21. The van der Waals surface area contributed by atoms with Crippen molar-refractivity contribution in [3.63, 3.8) is 0 Å². The zero-order chi connectivity index (χ0) is 10.7. The predicted molar refractivity (Wildman–Crippen MR) is 63.8 cm³/mol. The van der Waals surface area contributed by atoms with Gasteiger partial charge in [0, 0.05) is 23.7 Å². The maximum absolute atomic E-state index is 6.03. The Labute approximate surface area is 95.3 Å². The van der Waals surface area contributed by atoms with Crippen LogP contribution in [0, 0.1) is 0 Å². The smallest absolute Gasteiger partial charge is 0.107 e. The van der Waals surface area contributed by atoms with E-state index in [-0.39, 0.29) is 6.04 Å². The average Bonchev–Trinajstić information content (AvgIpc) is 2.71. The SMILES string of the molecule is CC(N)C1CCCCN1Cc1nccs1. The third-order valence-electron chi connectivity index (χ3n) is 3.09. The van der Waals surface area contributed by atoms with E-state index in [4.69, 9.17) is 5.73 Å². The fourth-order valence-electron chi connectivity index (χ4n) is 2.31. The summed E-state index contributed by atoms with van der Waals surface area (Å²) in [5.41, 5.74) is 6.03. The lowest BCUT2D eigenvalue weighted by molar-refractivity contribution is 0.123. The molecule has 0 aliphatic carbocycles. The second kappa shape index (κ2) is 5.05. The first kappa shape index (κ1) is 11.0. The van der Waals surface area contributed by atoms with Crippen LogP contribution in [0.15, 0.2) is 11.6 Å². The van der Waals surface area contributed by atoms with E-state index in [1.165, 1.54) is 30.8 Å². The normalized spacial score (nSPS) is 25.3. The maximum Gasteiger partial charge on any atom is 0.107 e. The van der Waals surface area contributed by atoms with Gasteiger partial charge in [-0.3, -0.25) is 4.90 Å². The molecule has 4 heteroatoms. The zero-order valence-electron chi connectivity index (χ0n) is 9.22. The lowest BCUT2D eigenvalue weighted by Gasteiger charge is -2.37. The summed E-state index contributed by atoms with van der Waals surface area (Å²) in [4.78, 5) is 6.83. The van der Waals surface area contributed by atoms with Crippen molar-refractivity contribution in [2.24, 2.45) is 5.73 Å². The molecule has 1 aromatic rings. The van der Waals surface area contributed by atoms with Crippen LogP contribution in [-0.2, 0) is 6.54 Å². The van der Waals surface area contributed by atoms with E-state index in [1.807, 2.05) is 11.6 Å². The lowest BCUT2D eigenvalue weighted by Crippen LogP contribution is -2.48. The first-order chi connectivity index (χ1) is 7.27. The molecule has 0 radical (unpaired) electrons. The van der Waals surface area contributed by atoms with Crippen molar-refractivity contribution < 1.29 is 0 Å². The topological polar surface area (TPSA) is 42.1 Å². The quantitative estimate of drug-likeness (QED) is 0.853. The summed E-state index contributed by atoms with van der Waals surface area (Å²) in [5, 5.41) is 3.25. The molecular weight excluding hydrogens is 206 g/mol. The summed E-state index contributed by atoms with van der Waals surface area (Å²) in [6, 6.07) is 0.813. The number of thiazole rings is 1. The van der Waals surface area contributed by atoms with Crippen LogP contribution in [0.1, 0.15) is 31.2 Å². The fourth-order valence-corrected chi connectivity index (χ4v) is 2.95. The first-order valence-corrected chi connectivity index (χ1v) is 6.53. The number of likely N-dealkylation sites (tertiary alicyclic amines) is 1. The van der Waals surface area contributed by atoms with Gasteiger partial charge in [-0.25, -0.2) is 4.98 Å². The first-order valence-electron chi connectivity index (χ1n) is 5.65. The number of rotatable bonds is 3. The van der Waals surface area contributed by atoms with Gasteiger partial charge in [-0.15, -0.1) is 11.3 Å². The molecule has 2 unspecified atom stereocenters. The molecule has 0 saturated carbocycles. The van der Waals surface area contributed by atoms with Gasteiger partial charge in [-0.1, -0.05) is 6.42 Å². The van der Waals surface area contributed by atoms with Crippen LogP contribution in [0.4, 0.5) is 0 Å². The number of piperidine rings is 1. The molecule has 2 N–H and O–H groups in total. The average molecular weight is 225 g/mol. The predicted octanol–water partition coefficient (Wildman–Crippen LogP) is 1.84.